The third kappa shape index (κ3) is 4.36. The lowest BCUT2D eigenvalue weighted by atomic mass is 10.2. The SMILES string of the molecule is O=C1CCNSc2ccn(CCCN3CCN(c4ccc(F)cc4)CC3)c21. The van der Waals surface area contributed by atoms with Crippen LogP contribution in [0.1, 0.15) is 23.3 Å². The van der Waals surface area contributed by atoms with Crippen molar-refractivity contribution >= 4 is 23.4 Å². The Morgan fingerprint density at radius 2 is 1.81 bits per heavy atom. The third-order valence-electron chi connectivity index (χ3n) is 5.26. The second-order valence-electron chi connectivity index (χ2n) is 7.05. The van der Waals surface area contributed by atoms with E-state index in [2.05, 4.69) is 19.1 Å². The number of anilines is 1. The van der Waals surface area contributed by atoms with Gasteiger partial charge in [0.15, 0.2) is 5.78 Å². The number of Topliss-reactive ketones (excluding diaryl/α,β-unsaturated/α-hetero) is 1. The van der Waals surface area contributed by atoms with E-state index >= 15 is 0 Å². The topological polar surface area (TPSA) is 40.5 Å². The van der Waals surface area contributed by atoms with Crippen LogP contribution in [-0.4, -0.2) is 54.5 Å². The molecule has 1 saturated heterocycles. The zero-order valence-corrected chi connectivity index (χ0v) is 16.2. The molecule has 144 valence electrons. The molecule has 0 amide bonds. The largest absolute Gasteiger partial charge is 0.369 e. The summed E-state index contributed by atoms with van der Waals surface area (Å²) in [5.41, 5.74) is 1.96. The van der Waals surface area contributed by atoms with Crippen molar-refractivity contribution in [1.29, 1.82) is 0 Å². The molecule has 1 aromatic heterocycles. The Hall–Kier alpha value is -1.83. The number of ketones is 1. The van der Waals surface area contributed by atoms with Crippen LogP contribution in [0.4, 0.5) is 10.1 Å². The Morgan fingerprint density at radius 3 is 2.59 bits per heavy atom. The molecular formula is C20H25FN4OS. The van der Waals surface area contributed by atoms with E-state index in [0.717, 1.165) is 68.5 Å². The van der Waals surface area contributed by atoms with Crippen LogP contribution in [0, 0.1) is 5.82 Å². The molecule has 0 bridgehead atoms. The van der Waals surface area contributed by atoms with Gasteiger partial charge in [-0.3, -0.25) is 14.4 Å². The highest BCUT2D eigenvalue weighted by molar-refractivity contribution is 7.97. The highest BCUT2D eigenvalue weighted by atomic mass is 32.2. The van der Waals surface area contributed by atoms with Gasteiger partial charge in [-0.15, -0.1) is 0 Å². The van der Waals surface area contributed by atoms with Crippen LogP contribution >= 0.6 is 11.9 Å². The summed E-state index contributed by atoms with van der Waals surface area (Å²) in [6.45, 7) is 6.59. The normalized spacial score (nSPS) is 18.4. The summed E-state index contributed by atoms with van der Waals surface area (Å²) >= 11 is 1.56. The number of carbonyl (C=O) groups excluding carboxylic acids is 1. The molecule has 1 fully saturated rings. The molecule has 4 rings (SSSR count). The van der Waals surface area contributed by atoms with Gasteiger partial charge in [0.1, 0.15) is 5.82 Å². The van der Waals surface area contributed by atoms with E-state index in [1.54, 1.807) is 11.9 Å². The van der Waals surface area contributed by atoms with Crippen molar-refractivity contribution in [3.63, 3.8) is 0 Å². The number of hydrogen-bond donors (Lipinski definition) is 1. The lowest BCUT2D eigenvalue weighted by molar-refractivity contribution is 0.0973. The molecule has 3 heterocycles. The standard InChI is InChI=1S/C20H25FN4OS/c21-16-2-4-17(5-3-16)24-14-12-23(13-15-24)9-1-10-25-11-7-19-20(25)18(26)6-8-22-27-19/h2-5,7,11,22H,1,6,8-10,12-15H2. The summed E-state index contributed by atoms with van der Waals surface area (Å²) in [5, 5.41) is 0. The van der Waals surface area contributed by atoms with Gasteiger partial charge < -0.3 is 9.47 Å². The van der Waals surface area contributed by atoms with Gasteiger partial charge in [-0.05, 0) is 55.2 Å². The number of piperazine rings is 1. The van der Waals surface area contributed by atoms with Crippen molar-refractivity contribution in [1.82, 2.24) is 14.2 Å². The van der Waals surface area contributed by atoms with E-state index in [4.69, 9.17) is 0 Å². The summed E-state index contributed by atoms with van der Waals surface area (Å²) in [4.78, 5) is 18.2. The monoisotopic (exact) mass is 388 g/mol. The number of carbonyl (C=O) groups is 1. The molecule has 0 saturated carbocycles. The Labute approximate surface area is 163 Å². The molecule has 2 aromatic rings. The summed E-state index contributed by atoms with van der Waals surface area (Å²) in [7, 11) is 0. The van der Waals surface area contributed by atoms with Gasteiger partial charge >= 0.3 is 0 Å². The molecule has 0 unspecified atom stereocenters. The van der Waals surface area contributed by atoms with Crippen molar-refractivity contribution in [3.8, 4) is 0 Å². The fourth-order valence-corrected chi connectivity index (χ4v) is 4.59. The number of nitrogens with one attached hydrogen (secondary N) is 1. The van der Waals surface area contributed by atoms with Gasteiger partial charge in [-0.25, -0.2) is 4.39 Å². The molecule has 0 aliphatic carbocycles. The van der Waals surface area contributed by atoms with Crippen molar-refractivity contribution in [2.24, 2.45) is 0 Å². The summed E-state index contributed by atoms with van der Waals surface area (Å²) < 4.78 is 18.4. The fraction of sp³-hybridized carbons (Fsp3) is 0.450. The number of fused-ring (bicyclic) bond motifs is 1. The van der Waals surface area contributed by atoms with Gasteiger partial charge in [-0.1, -0.05) is 0 Å². The zero-order valence-electron chi connectivity index (χ0n) is 15.4. The molecule has 0 radical (unpaired) electrons. The smallest absolute Gasteiger partial charge is 0.181 e. The van der Waals surface area contributed by atoms with Crippen LogP contribution in [-0.2, 0) is 6.54 Å². The number of aryl methyl sites for hydroxylation is 1. The van der Waals surface area contributed by atoms with E-state index in [-0.39, 0.29) is 11.6 Å². The first-order valence-electron chi connectivity index (χ1n) is 9.55. The van der Waals surface area contributed by atoms with Crippen molar-refractivity contribution < 1.29 is 9.18 Å². The van der Waals surface area contributed by atoms with Gasteiger partial charge in [-0.2, -0.15) is 0 Å². The van der Waals surface area contributed by atoms with Crippen LogP contribution in [0.5, 0.6) is 0 Å². The Balaban J connectivity index is 1.26. The summed E-state index contributed by atoms with van der Waals surface area (Å²) in [6.07, 6.45) is 3.63. The zero-order chi connectivity index (χ0) is 18.6. The average molecular weight is 389 g/mol. The molecule has 0 spiro atoms. The van der Waals surface area contributed by atoms with Gasteiger partial charge in [0.05, 0.1) is 10.6 Å². The molecule has 7 heteroatoms. The van der Waals surface area contributed by atoms with E-state index in [1.165, 1.54) is 12.1 Å². The van der Waals surface area contributed by atoms with Crippen LogP contribution in [0.25, 0.3) is 0 Å². The van der Waals surface area contributed by atoms with Crippen LogP contribution in [0.3, 0.4) is 0 Å². The molecule has 2 aliphatic heterocycles. The van der Waals surface area contributed by atoms with Gasteiger partial charge in [0, 0.05) is 57.6 Å². The van der Waals surface area contributed by atoms with Crippen LogP contribution in [0.2, 0.25) is 0 Å². The van der Waals surface area contributed by atoms with Crippen LogP contribution in [0.15, 0.2) is 41.4 Å². The lowest BCUT2D eigenvalue weighted by Crippen LogP contribution is -2.46. The summed E-state index contributed by atoms with van der Waals surface area (Å²) in [6, 6.07) is 8.80. The van der Waals surface area contributed by atoms with Crippen molar-refractivity contribution in [2.45, 2.75) is 24.3 Å². The Bertz CT molecular complexity index is 784. The van der Waals surface area contributed by atoms with E-state index in [0.29, 0.717) is 6.42 Å². The highest BCUT2D eigenvalue weighted by Crippen LogP contribution is 2.26. The maximum Gasteiger partial charge on any atom is 0.181 e. The Morgan fingerprint density at radius 1 is 1.04 bits per heavy atom. The van der Waals surface area contributed by atoms with Gasteiger partial charge in [0.2, 0.25) is 0 Å². The number of aromatic nitrogens is 1. The molecule has 2 aliphatic rings. The fourth-order valence-electron chi connectivity index (χ4n) is 3.78. The van der Waals surface area contributed by atoms with E-state index in [9.17, 15) is 9.18 Å². The molecular weight excluding hydrogens is 363 g/mol. The lowest BCUT2D eigenvalue weighted by Gasteiger charge is -2.36. The molecule has 0 atom stereocenters. The van der Waals surface area contributed by atoms with Crippen LogP contribution < -0.4 is 9.62 Å². The minimum absolute atomic E-state index is 0.187. The molecule has 5 nitrogen and oxygen atoms in total. The number of halogens is 1. The highest BCUT2D eigenvalue weighted by Gasteiger charge is 2.21. The predicted molar refractivity (Wildman–Crippen MR) is 107 cm³/mol. The summed E-state index contributed by atoms with van der Waals surface area (Å²) in [5.74, 6) is 0.0494. The molecule has 27 heavy (non-hydrogen) atoms. The number of benzene rings is 1. The van der Waals surface area contributed by atoms with Crippen molar-refractivity contribution in [3.05, 3.63) is 48.0 Å². The first-order valence-corrected chi connectivity index (χ1v) is 10.4. The van der Waals surface area contributed by atoms with E-state index < -0.39 is 0 Å². The number of hydrogen-bond acceptors (Lipinski definition) is 5. The number of nitrogens with zero attached hydrogens (tertiary/aromatic N) is 3. The minimum Gasteiger partial charge on any atom is -0.369 e. The molecule has 1 N–H and O–H groups in total. The second kappa shape index (κ2) is 8.46. The minimum atomic E-state index is -0.187. The molecule has 1 aromatic carbocycles. The van der Waals surface area contributed by atoms with E-state index in [1.807, 2.05) is 24.4 Å². The first kappa shape index (κ1) is 18.5. The first-order chi connectivity index (χ1) is 13.2. The van der Waals surface area contributed by atoms with Crippen molar-refractivity contribution in [2.75, 3.05) is 44.2 Å². The second-order valence-corrected chi connectivity index (χ2v) is 7.98. The Kier molecular flexibility index (Phi) is 5.80. The maximum atomic E-state index is 13.1. The third-order valence-corrected chi connectivity index (χ3v) is 6.16. The average Bonchev–Trinajstić information content (AvgIpc) is 3.00. The van der Waals surface area contributed by atoms with Gasteiger partial charge in [0.25, 0.3) is 0 Å². The quantitative estimate of drug-likeness (QED) is 0.798. The maximum absolute atomic E-state index is 13.1. The number of rotatable bonds is 5. The predicted octanol–water partition coefficient (Wildman–Crippen LogP) is 3.02.